The van der Waals surface area contributed by atoms with Crippen LogP contribution in [0, 0.1) is 0 Å². The fourth-order valence-corrected chi connectivity index (χ4v) is 1.69. The zero-order chi connectivity index (χ0) is 12.3. The molecule has 3 heteroatoms. The molecule has 0 aromatic heterocycles. The van der Waals surface area contributed by atoms with Gasteiger partial charge in [0.05, 0.1) is 13.7 Å². The number of hydrogen-bond acceptors (Lipinski definition) is 3. The number of benzene rings is 1. The third kappa shape index (κ3) is 2.38. The van der Waals surface area contributed by atoms with E-state index in [0.717, 1.165) is 22.4 Å². The summed E-state index contributed by atoms with van der Waals surface area (Å²) in [5, 5.41) is 0. The average molecular weight is 230 g/mol. The van der Waals surface area contributed by atoms with E-state index in [-0.39, 0.29) is 5.97 Å². The lowest BCUT2D eigenvalue weighted by molar-refractivity contribution is -0.137. The van der Waals surface area contributed by atoms with Gasteiger partial charge in [0, 0.05) is 6.08 Å². The van der Waals surface area contributed by atoms with Gasteiger partial charge in [0.25, 0.3) is 0 Å². The van der Waals surface area contributed by atoms with Crippen LogP contribution >= 0.6 is 0 Å². The SMILES string of the molecule is CCOC(=O)C=CC1=Cc2ccc(OC)cc21. The van der Waals surface area contributed by atoms with Crippen molar-refractivity contribution in [2.24, 2.45) is 0 Å². The number of methoxy groups -OCH3 is 1. The Labute approximate surface area is 100 Å². The zero-order valence-electron chi connectivity index (χ0n) is 9.90. The monoisotopic (exact) mass is 230 g/mol. The first-order valence-electron chi connectivity index (χ1n) is 5.49. The van der Waals surface area contributed by atoms with E-state index >= 15 is 0 Å². The molecule has 0 aliphatic heterocycles. The highest BCUT2D eigenvalue weighted by Crippen LogP contribution is 2.35. The number of carbonyl (C=O) groups excluding carboxylic acids is 1. The maximum Gasteiger partial charge on any atom is 0.330 e. The summed E-state index contributed by atoms with van der Waals surface area (Å²) in [4.78, 5) is 11.2. The fourth-order valence-electron chi connectivity index (χ4n) is 1.69. The highest BCUT2D eigenvalue weighted by molar-refractivity contribution is 6.02. The molecular formula is C14H14O3. The summed E-state index contributed by atoms with van der Waals surface area (Å²) in [6.07, 6.45) is 5.22. The summed E-state index contributed by atoms with van der Waals surface area (Å²) < 4.78 is 9.97. The maximum atomic E-state index is 11.2. The first-order valence-corrected chi connectivity index (χ1v) is 5.49. The van der Waals surface area contributed by atoms with Gasteiger partial charge in [-0.2, -0.15) is 0 Å². The second-order valence-electron chi connectivity index (χ2n) is 3.64. The second kappa shape index (κ2) is 4.87. The smallest absolute Gasteiger partial charge is 0.330 e. The molecule has 2 rings (SSSR count). The lowest BCUT2D eigenvalue weighted by Gasteiger charge is -2.18. The first kappa shape index (κ1) is 11.5. The van der Waals surface area contributed by atoms with E-state index in [0.29, 0.717) is 6.61 Å². The Morgan fingerprint density at radius 2 is 2.24 bits per heavy atom. The summed E-state index contributed by atoms with van der Waals surface area (Å²) in [7, 11) is 1.64. The van der Waals surface area contributed by atoms with Gasteiger partial charge in [-0.1, -0.05) is 6.07 Å². The minimum atomic E-state index is -0.315. The predicted octanol–water partition coefficient (Wildman–Crippen LogP) is 2.67. The standard InChI is InChI=1S/C14H14O3/c1-3-17-14(15)7-5-11-8-10-4-6-12(16-2)9-13(10)11/h4-9H,3H2,1-2H3. The van der Waals surface area contributed by atoms with Crippen LogP contribution in [0.15, 0.2) is 30.4 Å². The highest BCUT2D eigenvalue weighted by Gasteiger charge is 2.14. The van der Waals surface area contributed by atoms with Crippen molar-refractivity contribution in [1.82, 2.24) is 0 Å². The Balaban J connectivity index is 2.08. The molecule has 3 nitrogen and oxygen atoms in total. The van der Waals surface area contributed by atoms with Crippen molar-refractivity contribution in [3.05, 3.63) is 41.5 Å². The minimum Gasteiger partial charge on any atom is -0.497 e. The summed E-state index contributed by atoms with van der Waals surface area (Å²) in [6, 6.07) is 5.87. The molecule has 0 N–H and O–H groups in total. The van der Waals surface area contributed by atoms with Gasteiger partial charge in [-0.3, -0.25) is 0 Å². The lowest BCUT2D eigenvalue weighted by atomic mass is 9.88. The van der Waals surface area contributed by atoms with E-state index in [1.165, 1.54) is 6.08 Å². The van der Waals surface area contributed by atoms with Crippen LogP contribution in [0.4, 0.5) is 0 Å². The van der Waals surface area contributed by atoms with Gasteiger partial charge in [-0.15, -0.1) is 0 Å². The number of carbonyl (C=O) groups is 1. The quantitative estimate of drug-likeness (QED) is 0.589. The van der Waals surface area contributed by atoms with E-state index in [2.05, 4.69) is 0 Å². The molecule has 1 aromatic carbocycles. The molecule has 0 saturated carbocycles. The van der Waals surface area contributed by atoms with Gasteiger partial charge in [-0.25, -0.2) is 4.79 Å². The number of ether oxygens (including phenoxy) is 2. The Hall–Kier alpha value is -2.03. The Morgan fingerprint density at radius 3 is 2.94 bits per heavy atom. The highest BCUT2D eigenvalue weighted by atomic mass is 16.5. The van der Waals surface area contributed by atoms with Crippen molar-refractivity contribution in [2.45, 2.75) is 6.92 Å². The number of rotatable bonds is 4. The summed E-state index contributed by atoms with van der Waals surface area (Å²) in [5.74, 6) is 0.503. The van der Waals surface area contributed by atoms with Crippen LogP contribution in [-0.2, 0) is 9.53 Å². The third-order valence-corrected chi connectivity index (χ3v) is 2.57. The molecule has 0 bridgehead atoms. The Bertz CT molecular complexity index is 498. The van der Waals surface area contributed by atoms with Crippen LogP contribution in [-0.4, -0.2) is 19.7 Å². The molecule has 0 spiro atoms. The zero-order valence-corrected chi connectivity index (χ0v) is 9.90. The van der Waals surface area contributed by atoms with Crippen molar-refractivity contribution >= 4 is 17.6 Å². The van der Waals surface area contributed by atoms with Gasteiger partial charge in [0.1, 0.15) is 5.75 Å². The van der Waals surface area contributed by atoms with Crippen molar-refractivity contribution in [1.29, 1.82) is 0 Å². The van der Waals surface area contributed by atoms with Gasteiger partial charge < -0.3 is 9.47 Å². The summed E-state index contributed by atoms with van der Waals surface area (Å²) >= 11 is 0. The molecule has 17 heavy (non-hydrogen) atoms. The van der Waals surface area contributed by atoms with Crippen molar-refractivity contribution in [2.75, 3.05) is 13.7 Å². The summed E-state index contributed by atoms with van der Waals surface area (Å²) in [5.41, 5.74) is 3.28. The first-order chi connectivity index (χ1) is 8.24. The van der Waals surface area contributed by atoms with E-state index in [4.69, 9.17) is 9.47 Å². The molecule has 0 atom stereocenters. The second-order valence-corrected chi connectivity index (χ2v) is 3.64. The number of esters is 1. The number of hydrogen-bond donors (Lipinski definition) is 0. The van der Waals surface area contributed by atoms with Gasteiger partial charge >= 0.3 is 5.97 Å². The minimum absolute atomic E-state index is 0.315. The molecule has 1 aliphatic carbocycles. The average Bonchev–Trinajstić information content (AvgIpc) is 2.31. The van der Waals surface area contributed by atoms with E-state index in [1.807, 2.05) is 24.3 Å². The molecule has 0 fully saturated rings. The fraction of sp³-hybridized carbons (Fsp3) is 0.214. The van der Waals surface area contributed by atoms with Gasteiger partial charge in [0.2, 0.25) is 0 Å². The molecule has 0 saturated heterocycles. The Morgan fingerprint density at radius 1 is 1.41 bits per heavy atom. The molecular weight excluding hydrogens is 216 g/mol. The normalized spacial score (nSPS) is 12.7. The topological polar surface area (TPSA) is 35.5 Å². The molecule has 0 amide bonds. The van der Waals surface area contributed by atoms with Crippen LogP contribution in [0.5, 0.6) is 5.75 Å². The maximum absolute atomic E-state index is 11.2. The molecule has 0 radical (unpaired) electrons. The van der Waals surface area contributed by atoms with Crippen LogP contribution in [0.25, 0.3) is 11.6 Å². The van der Waals surface area contributed by atoms with E-state index in [9.17, 15) is 4.79 Å². The van der Waals surface area contributed by atoms with Gasteiger partial charge in [-0.05, 0) is 47.9 Å². The summed E-state index contributed by atoms with van der Waals surface area (Å²) in [6.45, 7) is 2.18. The number of allylic oxidation sites excluding steroid dienone is 2. The van der Waals surface area contributed by atoms with Crippen molar-refractivity contribution < 1.29 is 14.3 Å². The van der Waals surface area contributed by atoms with Crippen molar-refractivity contribution in [3.63, 3.8) is 0 Å². The Kier molecular flexibility index (Phi) is 3.28. The van der Waals surface area contributed by atoms with E-state index < -0.39 is 0 Å². The van der Waals surface area contributed by atoms with Crippen molar-refractivity contribution in [3.8, 4) is 5.75 Å². The molecule has 0 heterocycles. The molecule has 1 aliphatic rings. The molecule has 1 aromatic rings. The van der Waals surface area contributed by atoms with Gasteiger partial charge in [0.15, 0.2) is 0 Å². The third-order valence-electron chi connectivity index (χ3n) is 2.57. The lowest BCUT2D eigenvalue weighted by Crippen LogP contribution is -2.01. The molecule has 0 unspecified atom stereocenters. The van der Waals surface area contributed by atoms with Crippen LogP contribution in [0.2, 0.25) is 0 Å². The predicted molar refractivity (Wildman–Crippen MR) is 66.6 cm³/mol. The van der Waals surface area contributed by atoms with Crippen LogP contribution in [0.1, 0.15) is 18.1 Å². The molecule has 88 valence electrons. The van der Waals surface area contributed by atoms with Crippen LogP contribution < -0.4 is 4.74 Å². The van der Waals surface area contributed by atoms with E-state index in [1.54, 1.807) is 20.1 Å². The number of fused-ring (bicyclic) bond motifs is 1. The largest absolute Gasteiger partial charge is 0.497 e. The van der Waals surface area contributed by atoms with Crippen LogP contribution in [0.3, 0.4) is 0 Å².